The highest BCUT2D eigenvalue weighted by molar-refractivity contribution is 7.18. The third kappa shape index (κ3) is 3.21. The molecule has 0 fully saturated rings. The van der Waals surface area contributed by atoms with Gasteiger partial charge in [-0.05, 0) is 44.5 Å². The van der Waals surface area contributed by atoms with Gasteiger partial charge in [-0.25, -0.2) is 9.97 Å². The Morgan fingerprint density at radius 1 is 1.09 bits per heavy atom. The Balaban J connectivity index is 1.82. The fraction of sp³-hybridized carbons (Fsp3) is 0.333. The van der Waals surface area contributed by atoms with E-state index in [1.54, 1.807) is 11.3 Å². The highest BCUT2D eigenvalue weighted by atomic mass is 32.1. The van der Waals surface area contributed by atoms with Crippen molar-refractivity contribution in [3.05, 3.63) is 51.7 Å². The van der Waals surface area contributed by atoms with Gasteiger partial charge in [-0.3, -0.25) is 4.90 Å². The first-order valence-electron chi connectivity index (χ1n) is 7.71. The number of nitrogen functional groups attached to an aromatic ring is 1. The molecule has 23 heavy (non-hydrogen) atoms. The zero-order valence-corrected chi connectivity index (χ0v) is 14.9. The fourth-order valence-electron chi connectivity index (χ4n) is 2.77. The second-order valence-electron chi connectivity index (χ2n) is 6.09. The number of fused-ring (bicyclic) bond motifs is 1. The van der Waals surface area contributed by atoms with Gasteiger partial charge in [-0.15, -0.1) is 11.3 Å². The average molecular weight is 326 g/mol. The summed E-state index contributed by atoms with van der Waals surface area (Å²) in [6.45, 7) is 7.88. The van der Waals surface area contributed by atoms with Crippen molar-refractivity contribution in [2.45, 2.75) is 33.9 Å². The molecule has 0 unspecified atom stereocenters. The first kappa shape index (κ1) is 15.9. The van der Waals surface area contributed by atoms with E-state index in [9.17, 15) is 0 Å². The molecular formula is C18H22N4S. The van der Waals surface area contributed by atoms with E-state index in [-0.39, 0.29) is 0 Å². The maximum atomic E-state index is 6.16. The number of nitrogens with zero attached hydrogens (tertiary/aromatic N) is 3. The van der Waals surface area contributed by atoms with Gasteiger partial charge in [-0.1, -0.05) is 24.3 Å². The van der Waals surface area contributed by atoms with Gasteiger partial charge in [0.05, 0.1) is 11.9 Å². The molecule has 2 heterocycles. The summed E-state index contributed by atoms with van der Waals surface area (Å²) in [5, 5.41) is 1.01. The number of anilines is 1. The number of nitrogens with two attached hydrogens (primary N) is 1. The van der Waals surface area contributed by atoms with Crippen LogP contribution < -0.4 is 5.73 Å². The van der Waals surface area contributed by atoms with Gasteiger partial charge in [0, 0.05) is 11.4 Å². The van der Waals surface area contributed by atoms with Crippen molar-refractivity contribution in [3.63, 3.8) is 0 Å². The predicted octanol–water partition coefficient (Wildman–Crippen LogP) is 3.83. The molecule has 0 saturated heterocycles. The van der Waals surface area contributed by atoms with Crippen LogP contribution in [0.15, 0.2) is 24.3 Å². The maximum Gasteiger partial charge on any atom is 0.146 e. The molecule has 0 bridgehead atoms. The third-order valence-electron chi connectivity index (χ3n) is 4.22. The molecule has 2 N–H and O–H groups in total. The summed E-state index contributed by atoms with van der Waals surface area (Å²) >= 11 is 1.69. The monoisotopic (exact) mass is 326 g/mol. The van der Waals surface area contributed by atoms with Gasteiger partial charge < -0.3 is 5.73 Å². The first-order chi connectivity index (χ1) is 11.0. The van der Waals surface area contributed by atoms with E-state index >= 15 is 0 Å². The minimum atomic E-state index is 0.594. The van der Waals surface area contributed by atoms with Crippen LogP contribution in [0.5, 0.6) is 0 Å². The molecule has 2 aromatic heterocycles. The number of hydrogen-bond donors (Lipinski definition) is 1. The molecule has 0 aliphatic carbocycles. The second-order valence-corrected chi connectivity index (χ2v) is 7.29. The molecule has 3 aromatic rings. The average Bonchev–Trinajstić information content (AvgIpc) is 2.76. The lowest BCUT2D eigenvalue weighted by Crippen LogP contribution is -2.19. The quantitative estimate of drug-likeness (QED) is 0.791. The number of benzene rings is 1. The van der Waals surface area contributed by atoms with E-state index in [1.807, 2.05) is 0 Å². The number of aryl methyl sites for hydroxylation is 3. The van der Waals surface area contributed by atoms with E-state index in [0.29, 0.717) is 12.4 Å². The van der Waals surface area contributed by atoms with Gasteiger partial charge >= 0.3 is 0 Å². The van der Waals surface area contributed by atoms with E-state index in [2.05, 4.69) is 62.0 Å². The van der Waals surface area contributed by atoms with Crippen LogP contribution in [0.2, 0.25) is 0 Å². The van der Waals surface area contributed by atoms with Crippen molar-refractivity contribution in [2.24, 2.45) is 0 Å². The second kappa shape index (κ2) is 6.26. The number of thiophene rings is 1. The molecule has 0 radical (unpaired) electrons. The Morgan fingerprint density at radius 2 is 1.83 bits per heavy atom. The smallest absolute Gasteiger partial charge is 0.146 e. The standard InChI is InChI=1S/C18H22N4S/c1-11-7-5-6-8-14(11)9-22(4)10-15-20-17(19)16-12(2)13(3)23-18(16)21-15/h5-8H,9-10H2,1-4H3,(H2,19,20,21). The van der Waals surface area contributed by atoms with Crippen LogP contribution in [0.1, 0.15) is 27.4 Å². The predicted molar refractivity (Wildman–Crippen MR) is 97.7 cm³/mol. The van der Waals surface area contributed by atoms with Crippen LogP contribution in [-0.4, -0.2) is 21.9 Å². The Morgan fingerprint density at radius 3 is 2.57 bits per heavy atom. The van der Waals surface area contributed by atoms with Crippen LogP contribution >= 0.6 is 11.3 Å². The highest BCUT2D eigenvalue weighted by Gasteiger charge is 2.14. The molecule has 0 spiro atoms. The van der Waals surface area contributed by atoms with E-state index in [4.69, 9.17) is 10.7 Å². The van der Waals surface area contributed by atoms with Gasteiger partial charge in [0.2, 0.25) is 0 Å². The summed E-state index contributed by atoms with van der Waals surface area (Å²) in [7, 11) is 2.08. The van der Waals surface area contributed by atoms with Crippen molar-refractivity contribution < 1.29 is 0 Å². The SMILES string of the molecule is Cc1ccccc1CN(C)Cc1nc(N)c2c(C)c(C)sc2n1. The van der Waals surface area contributed by atoms with Crippen LogP contribution in [-0.2, 0) is 13.1 Å². The summed E-state index contributed by atoms with van der Waals surface area (Å²) in [6, 6.07) is 8.45. The van der Waals surface area contributed by atoms with Gasteiger partial charge in [0.25, 0.3) is 0 Å². The van der Waals surface area contributed by atoms with Crippen LogP contribution in [0.4, 0.5) is 5.82 Å². The van der Waals surface area contributed by atoms with E-state index < -0.39 is 0 Å². The van der Waals surface area contributed by atoms with Gasteiger partial charge in [-0.2, -0.15) is 0 Å². The summed E-state index contributed by atoms with van der Waals surface area (Å²) in [4.78, 5) is 13.7. The Labute approximate surface area is 141 Å². The molecule has 0 atom stereocenters. The van der Waals surface area contributed by atoms with Crippen molar-refractivity contribution in [1.82, 2.24) is 14.9 Å². The van der Waals surface area contributed by atoms with Crippen molar-refractivity contribution in [2.75, 3.05) is 12.8 Å². The number of hydrogen-bond acceptors (Lipinski definition) is 5. The summed E-state index contributed by atoms with van der Waals surface area (Å²) in [6.07, 6.45) is 0. The molecule has 120 valence electrons. The van der Waals surface area contributed by atoms with Crippen molar-refractivity contribution >= 4 is 27.4 Å². The Kier molecular flexibility index (Phi) is 4.33. The molecule has 0 aliphatic heterocycles. The largest absolute Gasteiger partial charge is 0.383 e. The summed E-state index contributed by atoms with van der Waals surface area (Å²) in [5.74, 6) is 1.38. The van der Waals surface area contributed by atoms with E-state index in [0.717, 1.165) is 22.6 Å². The van der Waals surface area contributed by atoms with Crippen LogP contribution in [0, 0.1) is 20.8 Å². The summed E-state index contributed by atoms with van der Waals surface area (Å²) < 4.78 is 0. The molecule has 0 saturated carbocycles. The minimum absolute atomic E-state index is 0.594. The minimum Gasteiger partial charge on any atom is -0.383 e. The van der Waals surface area contributed by atoms with Crippen molar-refractivity contribution in [3.8, 4) is 0 Å². The van der Waals surface area contributed by atoms with Crippen molar-refractivity contribution in [1.29, 1.82) is 0 Å². The molecule has 1 aromatic carbocycles. The fourth-order valence-corrected chi connectivity index (χ4v) is 3.83. The lowest BCUT2D eigenvalue weighted by atomic mass is 10.1. The molecule has 3 rings (SSSR count). The van der Waals surface area contributed by atoms with Gasteiger partial charge in [0.15, 0.2) is 0 Å². The molecular weight excluding hydrogens is 304 g/mol. The van der Waals surface area contributed by atoms with E-state index in [1.165, 1.54) is 21.6 Å². The zero-order chi connectivity index (χ0) is 16.6. The Bertz CT molecular complexity index is 854. The first-order valence-corrected chi connectivity index (χ1v) is 8.52. The summed E-state index contributed by atoms with van der Waals surface area (Å²) in [5.41, 5.74) is 9.99. The normalized spacial score (nSPS) is 11.5. The third-order valence-corrected chi connectivity index (χ3v) is 5.32. The van der Waals surface area contributed by atoms with Crippen LogP contribution in [0.25, 0.3) is 10.2 Å². The maximum absolute atomic E-state index is 6.16. The molecule has 0 amide bonds. The lowest BCUT2D eigenvalue weighted by Gasteiger charge is -2.17. The topological polar surface area (TPSA) is 55.0 Å². The zero-order valence-electron chi connectivity index (χ0n) is 14.1. The number of aromatic nitrogens is 2. The molecule has 5 heteroatoms. The van der Waals surface area contributed by atoms with Gasteiger partial charge in [0.1, 0.15) is 16.5 Å². The Hall–Kier alpha value is -1.98. The van der Waals surface area contributed by atoms with Crippen LogP contribution in [0.3, 0.4) is 0 Å². The molecule has 0 aliphatic rings. The number of rotatable bonds is 4. The lowest BCUT2D eigenvalue weighted by molar-refractivity contribution is 0.310. The molecule has 4 nitrogen and oxygen atoms in total. The highest BCUT2D eigenvalue weighted by Crippen LogP contribution is 2.31.